The summed E-state index contributed by atoms with van der Waals surface area (Å²) in [5.41, 5.74) is 21.7. The highest BCUT2D eigenvalue weighted by Crippen LogP contribution is 2.36. The fourth-order valence-corrected chi connectivity index (χ4v) is 5.38. The Kier molecular flexibility index (Phi) is 5.09. The lowest BCUT2D eigenvalue weighted by Gasteiger charge is -2.13. The van der Waals surface area contributed by atoms with E-state index in [2.05, 4.69) is 34.2 Å². The van der Waals surface area contributed by atoms with Gasteiger partial charge >= 0.3 is 0 Å². The number of carbonyl (C=O) groups is 1. The summed E-state index contributed by atoms with van der Waals surface area (Å²) in [6.07, 6.45) is 7.29. The van der Waals surface area contributed by atoms with Crippen LogP contribution in [-0.4, -0.2) is 15.8 Å². The number of aryl methyl sites for hydroxylation is 2. The van der Waals surface area contributed by atoms with Crippen molar-refractivity contribution in [1.29, 1.82) is 0 Å². The highest BCUT2D eigenvalue weighted by atomic mass is 16.1. The Morgan fingerprint density at radius 3 is 1.65 bits per heavy atom. The van der Waals surface area contributed by atoms with Crippen LogP contribution in [0.3, 0.4) is 0 Å². The third-order valence-electron chi connectivity index (χ3n) is 7.19. The number of nitrogens with two attached hydrogens (primary N) is 2. The molecule has 5 nitrogen and oxygen atoms in total. The molecule has 0 fully saturated rings. The molecule has 0 bridgehead atoms. The van der Waals surface area contributed by atoms with E-state index in [9.17, 15) is 4.79 Å². The molecule has 0 saturated heterocycles. The average Bonchev–Trinajstić information content (AvgIpc) is 3.45. The van der Waals surface area contributed by atoms with Crippen LogP contribution in [-0.2, 0) is 12.8 Å². The van der Waals surface area contributed by atoms with Gasteiger partial charge in [0.25, 0.3) is 0 Å². The maximum atomic E-state index is 13.9. The maximum absolute atomic E-state index is 13.9. The molecule has 0 radical (unpaired) electrons. The number of pyridine rings is 2. The first-order chi connectivity index (χ1) is 16.6. The first-order valence-corrected chi connectivity index (χ1v) is 11.8. The van der Waals surface area contributed by atoms with Gasteiger partial charge < -0.3 is 11.5 Å². The molecule has 2 aliphatic carbocycles. The SMILES string of the molecule is NC1CCc2cc(-c3ncccc3C(=O)c3cccnc3-c3ccc4c(c3)CCC4N)ccc21. The summed E-state index contributed by atoms with van der Waals surface area (Å²) in [4.78, 5) is 23.1. The topological polar surface area (TPSA) is 94.9 Å². The van der Waals surface area contributed by atoms with Crippen molar-refractivity contribution < 1.29 is 4.79 Å². The Balaban J connectivity index is 1.42. The second kappa shape index (κ2) is 8.28. The van der Waals surface area contributed by atoms with Crippen molar-refractivity contribution in [3.8, 4) is 22.5 Å². The molecule has 2 heterocycles. The first kappa shape index (κ1) is 20.9. The van der Waals surface area contributed by atoms with Crippen LogP contribution in [0.15, 0.2) is 73.1 Å². The van der Waals surface area contributed by atoms with E-state index < -0.39 is 0 Å². The molecular weight excluding hydrogens is 420 g/mol. The molecule has 168 valence electrons. The molecule has 4 N–H and O–H groups in total. The van der Waals surface area contributed by atoms with Crippen molar-refractivity contribution in [3.05, 3.63) is 106 Å². The summed E-state index contributed by atoms with van der Waals surface area (Å²) in [6.45, 7) is 0. The third kappa shape index (κ3) is 3.45. The number of hydrogen-bond acceptors (Lipinski definition) is 5. The molecule has 0 spiro atoms. The van der Waals surface area contributed by atoms with Crippen LogP contribution < -0.4 is 11.5 Å². The monoisotopic (exact) mass is 446 g/mol. The predicted molar refractivity (Wildman–Crippen MR) is 133 cm³/mol. The van der Waals surface area contributed by atoms with Crippen molar-refractivity contribution in [2.75, 3.05) is 0 Å². The number of hydrogen-bond donors (Lipinski definition) is 2. The van der Waals surface area contributed by atoms with Gasteiger partial charge in [0, 0.05) is 46.7 Å². The van der Waals surface area contributed by atoms with Gasteiger partial charge in [-0.1, -0.05) is 24.3 Å². The second-order valence-electron chi connectivity index (χ2n) is 9.25. The van der Waals surface area contributed by atoms with Crippen molar-refractivity contribution >= 4 is 5.78 Å². The molecule has 2 aromatic carbocycles. The van der Waals surface area contributed by atoms with Crippen LogP contribution in [0.4, 0.5) is 0 Å². The molecule has 2 atom stereocenters. The van der Waals surface area contributed by atoms with Crippen LogP contribution in [0.5, 0.6) is 0 Å². The zero-order valence-corrected chi connectivity index (χ0v) is 18.9. The standard InChI is InChI=1S/C29H26N4O/c30-25-11-7-17-15-19(5-9-21(17)25)27-23(3-1-13-32-27)29(34)24-4-2-14-33-28(24)20-6-10-22-18(16-20)8-12-26(22)31/h1-6,9-10,13-16,25-26H,7-8,11-12,30-31H2. The molecule has 0 aliphatic heterocycles. The summed E-state index contributed by atoms with van der Waals surface area (Å²) in [6, 6.07) is 20.0. The maximum Gasteiger partial charge on any atom is 0.197 e. The van der Waals surface area contributed by atoms with Gasteiger partial charge in [-0.15, -0.1) is 0 Å². The molecule has 0 saturated carbocycles. The van der Waals surface area contributed by atoms with E-state index in [1.807, 2.05) is 36.4 Å². The van der Waals surface area contributed by atoms with Crippen molar-refractivity contribution in [2.24, 2.45) is 11.5 Å². The van der Waals surface area contributed by atoms with Gasteiger partial charge in [-0.05, 0) is 84.3 Å². The van der Waals surface area contributed by atoms with E-state index in [1.165, 1.54) is 22.3 Å². The van der Waals surface area contributed by atoms with Gasteiger partial charge in [-0.2, -0.15) is 0 Å². The zero-order chi connectivity index (χ0) is 23.2. The van der Waals surface area contributed by atoms with Crippen molar-refractivity contribution in [1.82, 2.24) is 9.97 Å². The van der Waals surface area contributed by atoms with Crippen molar-refractivity contribution in [2.45, 2.75) is 37.8 Å². The normalized spacial score (nSPS) is 18.5. The smallest absolute Gasteiger partial charge is 0.197 e. The molecule has 5 heteroatoms. The number of carbonyl (C=O) groups excluding carboxylic acids is 1. The highest BCUT2D eigenvalue weighted by molar-refractivity contribution is 6.15. The van der Waals surface area contributed by atoms with Crippen LogP contribution in [0.1, 0.15) is 63.1 Å². The molecule has 6 rings (SSSR count). The Bertz CT molecular complexity index is 1320. The fourth-order valence-electron chi connectivity index (χ4n) is 5.38. The summed E-state index contributed by atoms with van der Waals surface area (Å²) in [7, 11) is 0. The minimum absolute atomic E-state index is 0.0828. The van der Waals surface area contributed by atoms with Gasteiger partial charge in [0.05, 0.1) is 11.4 Å². The summed E-state index contributed by atoms with van der Waals surface area (Å²) in [5.74, 6) is -0.0828. The van der Waals surface area contributed by atoms with Crippen LogP contribution in [0.2, 0.25) is 0 Å². The minimum Gasteiger partial charge on any atom is -0.324 e. The predicted octanol–water partition coefficient (Wildman–Crippen LogP) is 4.93. The zero-order valence-electron chi connectivity index (χ0n) is 18.9. The quantitative estimate of drug-likeness (QED) is 0.433. The van der Waals surface area contributed by atoms with Gasteiger partial charge in [-0.3, -0.25) is 14.8 Å². The third-order valence-corrected chi connectivity index (χ3v) is 7.19. The van der Waals surface area contributed by atoms with E-state index in [0.717, 1.165) is 36.8 Å². The van der Waals surface area contributed by atoms with Crippen molar-refractivity contribution in [3.63, 3.8) is 0 Å². The fraction of sp³-hybridized carbons (Fsp3) is 0.207. The number of ketones is 1. The van der Waals surface area contributed by atoms with E-state index in [4.69, 9.17) is 11.5 Å². The van der Waals surface area contributed by atoms with Crippen LogP contribution >= 0.6 is 0 Å². The lowest BCUT2D eigenvalue weighted by molar-refractivity contribution is 0.103. The molecule has 4 aromatic rings. The van der Waals surface area contributed by atoms with E-state index in [1.54, 1.807) is 12.4 Å². The minimum atomic E-state index is -0.0828. The first-order valence-electron chi connectivity index (χ1n) is 11.8. The van der Waals surface area contributed by atoms with E-state index in [-0.39, 0.29) is 17.9 Å². The molecule has 34 heavy (non-hydrogen) atoms. The van der Waals surface area contributed by atoms with Gasteiger partial charge in [0.2, 0.25) is 0 Å². The summed E-state index contributed by atoms with van der Waals surface area (Å²) < 4.78 is 0. The Morgan fingerprint density at radius 2 is 1.18 bits per heavy atom. The largest absolute Gasteiger partial charge is 0.324 e. The number of rotatable bonds is 4. The van der Waals surface area contributed by atoms with E-state index in [0.29, 0.717) is 22.5 Å². The second-order valence-corrected chi connectivity index (χ2v) is 9.25. The van der Waals surface area contributed by atoms with Gasteiger partial charge in [0.15, 0.2) is 5.78 Å². The molecule has 2 aromatic heterocycles. The summed E-state index contributed by atoms with van der Waals surface area (Å²) >= 11 is 0. The summed E-state index contributed by atoms with van der Waals surface area (Å²) in [5, 5.41) is 0. The van der Waals surface area contributed by atoms with Crippen LogP contribution in [0.25, 0.3) is 22.5 Å². The number of aromatic nitrogens is 2. The molecule has 2 aliphatic rings. The van der Waals surface area contributed by atoms with Gasteiger partial charge in [0.1, 0.15) is 0 Å². The lowest BCUT2D eigenvalue weighted by Crippen LogP contribution is -2.08. The molecule has 2 unspecified atom stereocenters. The number of benzene rings is 2. The van der Waals surface area contributed by atoms with Crippen LogP contribution in [0, 0.1) is 0 Å². The Hall–Kier alpha value is -3.67. The number of nitrogens with zero attached hydrogens (tertiary/aromatic N) is 2. The van der Waals surface area contributed by atoms with E-state index >= 15 is 0 Å². The highest BCUT2D eigenvalue weighted by Gasteiger charge is 2.24. The lowest BCUT2D eigenvalue weighted by atomic mass is 9.93. The molecule has 0 amide bonds. The number of fused-ring (bicyclic) bond motifs is 2. The van der Waals surface area contributed by atoms with Gasteiger partial charge in [-0.25, -0.2) is 0 Å². The average molecular weight is 447 g/mol. The Labute approximate surface area is 198 Å². The molecular formula is C29H26N4O. The Morgan fingerprint density at radius 1 is 0.706 bits per heavy atom.